The number of hydrogen-bond acceptors (Lipinski definition) is 2. The van der Waals surface area contributed by atoms with Crippen molar-refractivity contribution in [1.82, 2.24) is 0 Å². The van der Waals surface area contributed by atoms with Gasteiger partial charge in [0.15, 0.2) is 0 Å². The number of aryl methyl sites for hydroxylation is 1. The second-order valence-corrected chi connectivity index (χ2v) is 6.99. The highest BCUT2D eigenvalue weighted by Crippen LogP contribution is 2.29. The van der Waals surface area contributed by atoms with E-state index in [1.807, 2.05) is 62.7 Å². The maximum absolute atomic E-state index is 9.56. The summed E-state index contributed by atoms with van der Waals surface area (Å²) in [5.41, 5.74) is 6.20. The number of rotatable bonds is 3. The molecule has 4 rings (SSSR count). The van der Waals surface area contributed by atoms with Gasteiger partial charge in [0.05, 0.1) is 11.6 Å². The minimum Gasteiger partial charge on any atom is -0.344 e. The fraction of sp³-hybridized carbons (Fsp3) is 0.0769. The van der Waals surface area contributed by atoms with E-state index in [4.69, 9.17) is 0 Å². The van der Waals surface area contributed by atoms with Crippen LogP contribution in [0.15, 0.2) is 96.2 Å². The first kappa shape index (κ1) is 18.5. The number of pyridine rings is 1. The molecule has 3 nitrogen and oxygen atoms in total. The Labute approximate surface area is 171 Å². The zero-order chi connectivity index (χ0) is 20.2. The van der Waals surface area contributed by atoms with E-state index in [0.717, 1.165) is 22.6 Å². The van der Waals surface area contributed by atoms with Gasteiger partial charge in [0.1, 0.15) is 7.05 Å². The van der Waals surface area contributed by atoms with Crippen molar-refractivity contribution in [1.29, 1.82) is 5.26 Å². The minimum absolute atomic E-state index is 0.603. The largest absolute Gasteiger partial charge is 0.344 e. The molecule has 3 aromatic rings. The Kier molecular flexibility index (Phi) is 5.09. The number of allylic oxidation sites excluding steroid dienone is 5. The Morgan fingerprint density at radius 2 is 1.79 bits per heavy atom. The van der Waals surface area contributed by atoms with Gasteiger partial charge in [-0.2, -0.15) is 9.83 Å². The van der Waals surface area contributed by atoms with Gasteiger partial charge in [0, 0.05) is 42.0 Å². The zero-order valence-electron chi connectivity index (χ0n) is 16.6. The van der Waals surface area contributed by atoms with Crippen LogP contribution in [0.2, 0.25) is 0 Å². The molecule has 0 amide bonds. The molecular formula is C26H22N3+. The Bertz CT molecular complexity index is 1240. The summed E-state index contributed by atoms with van der Waals surface area (Å²) in [6.07, 6.45) is 11.9. The monoisotopic (exact) mass is 376 g/mol. The van der Waals surface area contributed by atoms with E-state index in [-0.39, 0.29) is 0 Å². The van der Waals surface area contributed by atoms with E-state index in [0.29, 0.717) is 5.57 Å². The van der Waals surface area contributed by atoms with E-state index in [1.165, 1.54) is 10.9 Å². The molecule has 1 aromatic heterocycles. The van der Waals surface area contributed by atoms with E-state index in [1.54, 1.807) is 0 Å². The normalized spacial score (nSPS) is 15.1. The number of benzene rings is 2. The van der Waals surface area contributed by atoms with Crippen LogP contribution in [0, 0.1) is 11.3 Å². The molecule has 1 aliphatic rings. The highest BCUT2D eigenvalue weighted by molar-refractivity contribution is 5.77. The van der Waals surface area contributed by atoms with Gasteiger partial charge in [-0.25, -0.2) is 0 Å². The summed E-state index contributed by atoms with van der Waals surface area (Å²) in [5.74, 6) is 0. The third kappa shape index (κ3) is 3.74. The van der Waals surface area contributed by atoms with Crippen LogP contribution in [-0.4, -0.2) is 7.05 Å². The fourth-order valence-corrected chi connectivity index (χ4v) is 3.54. The van der Waals surface area contributed by atoms with Gasteiger partial charge in [-0.15, -0.1) is 0 Å². The zero-order valence-corrected chi connectivity index (χ0v) is 16.6. The predicted octanol–water partition coefficient (Wildman–Crippen LogP) is 5.17. The van der Waals surface area contributed by atoms with E-state index in [9.17, 15) is 5.26 Å². The first-order chi connectivity index (χ1) is 14.2. The molecule has 1 aliphatic heterocycles. The molecule has 2 aromatic carbocycles. The van der Waals surface area contributed by atoms with Crippen LogP contribution >= 0.6 is 0 Å². The summed E-state index contributed by atoms with van der Waals surface area (Å²) < 4.78 is 2.13. The number of para-hydroxylation sites is 2. The van der Waals surface area contributed by atoms with Gasteiger partial charge in [-0.3, -0.25) is 0 Å². The lowest BCUT2D eigenvalue weighted by Crippen LogP contribution is -2.32. The fourth-order valence-electron chi connectivity index (χ4n) is 3.54. The maximum atomic E-state index is 9.56. The van der Waals surface area contributed by atoms with Crippen LogP contribution in [0.3, 0.4) is 0 Å². The first-order valence-electron chi connectivity index (χ1n) is 9.56. The Morgan fingerprint density at radius 1 is 1.00 bits per heavy atom. The second kappa shape index (κ2) is 8.00. The number of nitriles is 1. The van der Waals surface area contributed by atoms with Crippen molar-refractivity contribution in [2.45, 2.75) is 0 Å². The van der Waals surface area contributed by atoms with Crippen LogP contribution in [0.25, 0.3) is 23.1 Å². The molecular weight excluding hydrogens is 354 g/mol. The van der Waals surface area contributed by atoms with Crippen molar-refractivity contribution in [3.63, 3.8) is 0 Å². The summed E-state index contributed by atoms with van der Waals surface area (Å²) >= 11 is 0. The molecule has 0 fully saturated rings. The Balaban J connectivity index is 1.60. The van der Waals surface area contributed by atoms with Gasteiger partial charge in [0.2, 0.25) is 11.2 Å². The SMILES string of the molecule is CN1C(=CC=C(C#N)C=Cc2ccc3ccccc3[n+]2C)C=Cc2ccccc21. The first-order valence-corrected chi connectivity index (χ1v) is 9.56. The molecule has 0 saturated heterocycles. The smallest absolute Gasteiger partial charge is 0.212 e. The van der Waals surface area contributed by atoms with Gasteiger partial charge in [-0.1, -0.05) is 36.4 Å². The van der Waals surface area contributed by atoms with Crippen molar-refractivity contribution in [3.8, 4) is 6.07 Å². The molecule has 0 bridgehead atoms. The number of fused-ring (bicyclic) bond motifs is 2. The molecule has 0 N–H and O–H groups in total. The quantitative estimate of drug-likeness (QED) is 0.358. The molecule has 0 radical (unpaired) electrons. The predicted molar refractivity (Wildman–Crippen MR) is 120 cm³/mol. The van der Waals surface area contributed by atoms with Crippen LogP contribution < -0.4 is 9.47 Å². The van der Waals surface area contributed by atoms with Crippen LogP contribution in [0.4, 0.5) is 5.69 Å². The summed E-state index contributed by atoms with van der Waals surface area (Å²) in [6, 6.07) is 23.0. The van der Waals surface area contributed by atoms with Crippen LogP contribution in [0.1, 0.15) is 11.3 Å². The summed E-state index contributed by atoms with van der Waals surface area (Å²) in [5, 5.41) is 10.8. The molecule has 29 heavy (non-hydrogen) atoms. The molecule has 2 heterocycles. The topological polar surface area (TPSA) is 30.9 Å². The van der Waals surface area contributed by atoms with Crippen LogP contribution in [0.5, 0.6) is 0 Å². The third-order valence-corrected chi connectivity index (χ3v) is 5.23. The molecule has 0 unspecified atom stereocenters. The number of likely N-dealkylation sites (N-methyl/N-ethyl adjacent to an activating group) is 1. The van der Waals surface area contributed by atoms with Crippen molar-refractivity contribution in [2.75, 3.05) is 11.9 Å². The lowest BCUT2D eigenvalue weighted by molar-refractivity contribution is -0.646. The van der Waals surface area contributed by atoms with Gasteiger partial charge in [-0.05, 0) is 48.1 Å². The standard InChI is InChI=1S/C26H22N3/c1-28-23(17-13-21-7-3-5-9-25(21)28)15-11-20(19-27)12-16-24-18-14-22-8-4-6-10-26(22)29(24)2/h3-18H,1-2H3/q+1. The maximum Gasteiger partial charge on any atom is 0.212 e. The van der Waals surface area contributed by atoms with Crippen molar-refractivity contribution in [3.05, 3.63) is 107 Å². The molecule has 0 spiro atoms. The van der Waals surface area contributed by atoms with Gasteiger partial charge < -0.3 is 4.90 Å². The van der Waals surface area contributed by atoms with E-state index in [2.05, 4.69) is 64.1 Å². The Hall–Kier alpha value is -3.90. The number of aromatic nitrogens is 1. The van der Waals surface area contributed by atoms with Gasteiger partial charge in [0.25, 0.3) is 0 Å². The number of anilines is 1. The summed E-state index contributed by atoms with van der Waals surface area (Å²) in [6.45, 7) is 0. The van der Waals surface area contributed by atoms with Crippen molar-refractivity contribution < 1.29 is 4.57 Å². The molecule has 0 saturated carbocycles. The lowest BCUT2D eigenvalue weighted by atomic mass is 10.1. The highest BCUT2D eigenvalue weighted by atomic mass is 15.1. The van der Waals surface area contributed by atoms with Crippen LogP contribution in [-0.2, 0) is 7.05 Å². The van der Waals surface area contributed by atoms with Crippen molar-refractivity contribution >= 4 is 28.7 Å². The van der Waals surface area contributed by atoms with E-state index < -0.39 is 0 Å². The minimum atomic E-state index is 0.603. The lowest BCUT2D eigenvalue weighted by Gasteiger charge is -2.26. The van der Waals surface area contributed by atoms with Crippen molar-refractivity contribution in [2.24, 2.45) is 7.05 Å². The number of hydrogen-bond donors (Lipinski definition) is 0. The van der Waals surface area contributed by atoms with Gasteiger partial charge >= 0.3 is 0 Å². The molecule has 0 aliphatic carbocycles. The molecule has 3 heteroatoms. The third-order valence-electron chi connectivity index (χ3n) is 5.23. The molecule has 0 atom stereocenters. The summed E-state index contributed by atoms with van der Waals surface area (Å²) in [7, 11) is 4.08. The Morgan fingerprint density at radius 3 is 2.66 bits per heavy atom. The summed E-state index contributed by atoms with van der Waals surface area (Å²) in [4.78, 5) is 2.13. The average molecular weight is 376 g/mol. The molecule has 140 valence electrons. The average Bonchev–Trinajstić information content (AvgIpc) is 2.77. The number of nitrogens with zero attached hydrogens (tertiary/aromatic N) is 3. The second-order valence-electron chi connectivity index (χ2n) is 6.99. The highest BCUT2D eigenvalue weighted by Gasteiger charge is 2.12. The van der Waals surface area contributed by atoms with E-state index >= 15 is 0 Å².